The van der Waals surface area contributed by atoms with Gasteiger partial charge in [0.05, 0.1) is 13.2 Å². The van der Waals surface area contributed by atoms with Crippen molar-refractivity contribution < 1.29 is 14.3 Å². The summed E-state index contributed by atoms with van der Waals surface area (Å²) in [5, 5.41) is 0. The average Bonchev–Trinajstić information content (AvgIpc) is 2.53. The molecular formula is C17H26N2O3. The maximum atomic E-state index is 12.6. The Balaban J connectivity index is 2.00. The molecule has 5 nitrogen and oxygen atoms in total. The largest absolute Gasteiger partial charge is 0.480 e. The molecule has 1 aliphatic rings. The monoisotopic (exact) mass is 306 g/mol. The summed E-state index contributed by atoms with van der Waals surface area (Å²) in [7, 11) is 3.28. The van der Waals surface area contributed by atoms with E-state index in [0.717, 1.165) is 12.8 Å². The summed E-state index contributed by atoms with van der Waals surface area (Å²) in [4.78, 5) is 18.3. The maximum absolute atomic E-state index is 12.6. The highest BCUT2D eigenvalue weighted by atomic mass is 16.5. The molecule has 5 heteroatoms. The molecule has 0 aromatic carbocycles. The van der Waals surface area contributed by atoms with Crippen LogP contribution >= 0.6 is 0 Å². The van der Waals surface area contributed by atoms with Gasteiger partial charge in [-0.25, -0.2) is 4.98 Å². The van der Waals surface area contributed by atoms with Crippen molar-refractivity contribution in [1.29, 1.82) is 0 Å². The highest BCUT2D eigenvalue weighted by Crippen LogP contribution is 2.28. The number of carbonyl (C=O) groups excluding carboxylic acids is 1. The van der Waals surface area contributed by atoms with Crippen molar-refractivity contribution in [2.75, 3.05) is 19.1 Å². The SMILES string of the molecule is COc1ncccc1N(C)C(=O)[C@H](C)O[C@@H]1CCC[C@@H](C)C1. The Labute approximate surface area is 132 Å². The molecule has 0 aliphatic heterocycles. The lowest BCUT2D eigenvalue weighted by atomic mass is 9.88. The van der Waals surface area contributed by atoms with Crippen LogP contribution in [0.3, 0.4) is 0 Å². The van der Waals surface area contributed by atoms with Crippen LogP contribution < -0.4 is 9.64 Å². The van der Waals surface area contributed by atoms with Crippen molar-refractivity contribution in [1.82, 2.24) is 4.98 Å². The first-order valence-electron chi connectivity index (χ1n) is 7.95. The minimum atomic E-state index is -0.467. The Morgan fingerprint density at radius 1 is 1.45 bits per heavy atom. The number of ether oxygens (including phenoxy) is 2. The standard InChI is InChI=1S/C17H26N2O3/c1-12-7-5-8-14(11-12)22-13(2)17(20)19(3)15-9-6-10-18-16(15)21-4/h6,9-10,12-14H,5,7-8,11H2,1-4H3/t12-,13+,14-/m1/s1. The first-order valence-corrected chi connectivity index (χ1v) is 7.95. The van der Waals surface area contributed by atoms with E-state index in [1.165, 1.54) is 12.8 Å². The molecule has 1 amide bonds. The second kappa shape index (κ2) is 7.58. The van der Waals surface area contributed by atoms with Gasteiger partial charge >= 0.3 is 0 Å². The van der Waals surface area contributed by atoms with Crippen LogP contribution in [0.15, 0.2) is 18.3 Å². The molecule has 0 unspecified atom stereocenters. The zero-order valence-electron chi connectivity index (χ0n) is 13.9. The lowest BCUT2D eigenvalue weighted by Gasteiger charge is -2.30. The van der Waals surface area contributed by atoms with Crippen molar-refractivity contribution in [2.45, 2.75) is 51.7 Å². The predicted octanol–water partition coefficient (Wildman–Crippen LogP) is 3.04. The molecule has 1 saturated carbocycles. The van der Waals surface area contributed by atoms with Gasteiger partial charge in [-0.15, -0.1) is 0 Å². The number of rotatable bonds is 5. The van der Waals surface area contributed by atoms with E-state index in [1.807, 2.05) is 13.0 Å². The molecule has 22 heavy (non-hydrogen) atoms. The molecule has 1 aromatic rings. The fraction of sp³-hybridized carbons (Fsp3) is 0.647. The quantitative estimate of drug-likeness (QED) is 0.839. The summed E-state index contributed by atoms with van der Waals surface area (Å²) in [5.41, 5.74) is 0.655. The van der Waals surface area contributed by atoms with Crippen LogP contribution in [-0.4, -0.2) is 37.3 Å². The zero-order chi connectivity index (χ0) is 16.1. The van der Waals surface area contributed by atoms with Crippen molar-refractivity contribution >= 4 is 11.6 Å². The topological polar surface area (TPSA) is 51.7 Å². The number of carbonyl (C=O) groups is 1. The van der Waals surface area contributed by atoms with Gasteiger partial charge in [-0.3, -0.25) is 4.79 Å². The number of aromatic nitrogens is 1. The first-order chi connectivity index (χ1) is 10.5. The van der Waals surface area contributed by atoms with Crippen LogP contribution in [0.4, 0.5) is 5.69 Å². The van der Waals surface area contributed by atoms with Crippen molar-refractivity contribution in [2.24, 2.45) is 5.92 Å². The Kier molecular flexibility index (Phi) is 5.77. The molecule has 0 bridgehead atoms. The molecule has 2 rings (SSSR count). The molecule has 1 aliphatic carbocycles. The summed E-state index contributed by atoms with van der Waals surface area (Å²) in [6.07, 6.45) is 5.88. The third kappa shape index (κ3) is 3.97. The van der Waals surface area contributed by atoms with E-state index >= 15 is 0 Å². The number of hydrogen-bond donors (Lipinski definition) is 0. The van der Waals surface area contributed by atoms with Gasteiger partial charge in [0, 0.05) is 13.2 Å². The molecule has 0 N–H and O–H groups in total. The highest BCUT2D eigenvalue weighted by Gasteiger charge is 2.27. The lowest BCUT2D eigenvalue weighted by molar-refractivity contribution is -0.134. The fourth-order valence-corrected chi connectivity index (χ4v) is 3.04. The van der Waals surface area contributed by atoms with Crippen LogP contribution in [0, 0.1) is 5.92 Å². The smallest absolute Gasteiger partial charge is 0.255 e. The second-order valence-electron chi connectivity index (χ2n) is 6.10. The summed E-state index contributed by atoms with van der Waals surface area (Å²) < 4.78 is 11.2. The van der Waals surface area contributed by atoms with Crippen LogP contribution in [-0.2, 0) is 9.53 Å². The van der Waals surface area contributed by atoms with Gasteiger partial charge in [0.25, 0.3) is 5.91 Å². The van der Waals surface area contributed by atoms with E-state index in [0.29, 0.717) is 17.5 Å². The van der Waals surface area contributed by atoms with Crippen molar-refractivity contribution in [3.8, 4) is 5.88 Å². The fourth-order valence-electron chi connectivity index (χ4n) is 3.04. The molecule has 1 aromatic heterocycles. The number of hydrogen-bond acceptors (Lipinski definition) is 4. The first kappa shape index (κ1) is 16.7. The van der Waals surface area contributed by atoms with Gasteiger partial charge in [-0.05, 0) is 37.8 Å². The molecule has 122 valence electrons. The summed E-state index contributed by atoms with van der Waals surface area (Å²) >= 11 is 0. The molecule has 0 saturated heterocycles. The van der Waals surface area contributed by atoms with Gasteiger partial charge in [0.15, 0.2) is 0 Å². The number of anilines is 1. The number of pyridine rings is 1. The van der Waals surface area contributed by atoms with Crippen molar-refractivity contribution in [3.63, 3.8) is 0 Å². The average molecular weight is 306 g/mol. The van der Waals surface area contributed by atoms with Gasteiger partial charge in [0.2, 0.25) is 5.88 Å². The molecule has 0 radical (unpaired) electrons. The van der Waals surface area contributed by atoms with E-state index in [1.54, 1.807) is 31.3 Å². The Morgan fingerprint density at radius 2 is 2.23 bits per heavy atom. The molecule has 0 spiro atoms. The van der Waals surface area contributed by atoms with E-state index in [2.05, 4.69) is 11.9 Å². The maximum Gasteiger partial charge on any atom is 0.255 e. The van der Waals surface area contributed by atoms with E-state index in [9.17, 15) is 4.79 Å². The normalized spacial score (nSPS) is 22.9. The molecule has 3 atom stereocenters. The zero-order valence-corrected chi connectivity index (χ0v) is 13.9. The van der Waals surface area contributed by atoms with E-state index in [-0.39, 0.29) is 12.0 Å². The minimum Gasteiger partial charge on any atom is -0.480 e. The van der Waals surface area contributed by atoms with Crippen molar-refractivity contribution in [3.05, 3.63) is 18.3 Å². The third-order valence-electron chi connectivity index (χ3n) is 4.27. The van der Waals surface area contributed by atoms with E-state index in [4.69, 9.17) is 9.47 Å². The summed E-state index contributed by atoms with van der Waals surface area (Å²) in [5.74, 6) is 1.04. The van der Waals surface area contributed by atoms with Crippen LogP contribution in [0.5, 0.6) is 5.88 Å². The molecule has 1 fully saturated rings. The number of likely N-dealkylation sites (N-methyl/N-ethyl adjacent to an activating group) is 1. The van der Waals surface area contributed by atoms with Gasteiger partial charge in [-0.2, -0.15) is 0 Å². The van der Waals surface area contributed by atoms with Gasteiger partial charge in [-0.1, -0.05) is 19.8 Å². The van der Waals surface area contributed by atoms with E-state index < -0.39 is 6.10 Å². The lowest BCUT2D eigenvalue weighted by Crippen LogP contribution is -2.39. The number of nitrogens with zero attached hydrogens (tertiary/aromatic N) is 2. The van der Waals surface area contributed by atoms with Crippen LogP contribution in [0.1, 0.15) is 39.5 Å². The highest BCUT2D eigenvalue weighted by molar-refractivity contribution is 5.96. The second-order valence-corrected chi connectivity index (χ2v) is 6.10. The summed E-state index contributed by atoms with van der Waals surface area (Å²) in [6, 6.07) is 3.61. The molecule has 1 heterocycles. The predicted molar refractivity (Wildman–Crippen MR) is 86.2 cm³/mol. The van der Waals surface area contributed by atoms with Crippen LogP contribution in [0.25, 0.3) is 0 Å². The van der Waals surface area contributed by atoms with Gasteiger partial charge < -0.3 is 14.4 Å². The minimum absolute atomic E-state index is 0.0791. The molecular weight excluding hydrogens is 280 g/mol. The van der Waals surface area contributed by atoms with Gasteiger partial charge in [0.1, 0.15) is 11.8 Å². The number of amides is 1. The Bertz CT molecular complexity index is 506. The Hall–Kier alpha value is -1.62. The van der Waals surface area contributed by atoms with Crippen LogP contribution in [0.2, 0.25) is 0 Å². The third-order valence-corrected chi connectivity index (χ3v) is 4.27. The summed E-state index contributed by atoms with van der Waals surface area (Å²) in [6.45, 7) is 4.07. The Morgan fingerprint density at radius 3 is 2.91 bits per heavy atom. The number of methoxy groups -OCH3 is 1.